The Kier molecular flexibility index (Phi) is 27.9. The quantitative estimate of drug-likeness (QED) is 0.0343. The molecule has 0 saturated heterocycles. The monoisotopic (exact) mass is 1500 g/mol. The van der Waals surface area contributed by atoms with Gasteiger partial charge in [0.15, 0.2) is 0 Å². The van der Waals surface area contributed by atoms with E-state index in [-0.39, 0.29) is 120 Å². The minimum Gasteiger partial charge on any atom is -0.462 e. The molecule has 22 unspecified atom stereocenters. The largest absolute Gasteiger partial charge is 0.462 e. The first-order valence-corrected chi connectivity index (χ1v) is 41.8. The van der Waals surface area contributed by atoms with Crippen LogP contribution in [0.3, 0.4) is 0 Å². The average Bonchev–Trinajstić information content (AvgIpc) is 0.741. The molecule has 0 radical (unpaired) electrons. The number of carbonyl (C=O) groups excluding carboxylic acids is 4. The van der Waals surface area contributed by atoms with Gasteiger partial charge < -0.3 is 59.8 Å². The van der Waals surface area contributed by atoms with Crippen LogP contribution in [0, 0.1) is 95.6 Å². The zero-order valence-electron chi connectivity index (χ0n) is 68.6. The molecule has 7 fully saturated rings. The van der Waals surface area contributed by atoms with E-state index in [1.807, 2.05) is 6.92 Å². The lowest BCUT2D eigenvalue weighted by Gasteiger charge is -2.59. The summed E-state index contributed by atoms with van der Waals surface area (Å²) in [7, 11) is 0. The number of aliphatic hydroxyl groups is 8. The Morgan fingerprint density at radius 2 is 0.806 bits per heavy atom. The van der Waals surface area contributed by atoms with Gasteiger partial charge >= 0.3 is 23.9 Å². The Balaban J connectivity index is 0.000000166. The predicted molar refractivity (Wildman–Crippen MR) is 424 cm³/mol. The first kappa shape index (κ1) is 87.2. The summed E-state index contributed by atoms with van der Waals surface area (Å²) in [5.41, 5.74) is 7.57. The average molecular weight is 1500 g/mol. The van der Waals surface area contributed by atoms with Crippen LogP contribution in [-0.2, 0) is 50.0 Å². The van der Waals surface area contributed by atoms with Crippen LogP contribution in [0.4, 0.5) is 0 Å². The van der Waals surface area contributed by atoms with Crippen LogP contribution in [0.5, 0.6) is 0 Å². The van der Waals surface area contributed by atoms with Gasteiger partial charge in [-0.25, -0.2) is 0 Å². The lowest BCUT2D eigenvalue weighted by atomic mass is 9.45. The van der Waals surface area contributed by atoms with E-state index in [1.54, 1.807) is 16.7 Å². The molecule has 0 heterocycles. The highest BCUT2D eigenvalue weighted by Gasteiger charge is 2.63. The highest BCUT2D eigenvalue weighted by molar-refractivity contribution is 5.79. The van der Waals surface area contributed by atoms with Crippen LogP contribution in [0.15, 0.2) is 91.1 Å². The van der Waals surface area contributed by atoms with Crippen molar-refractivity contribution in [1.82, 2.24) is 0 Å². The molecule has 108 heavy (non-hydrogen) atoms. The van der Waals surface area contributed by atoms with Crippen molar-refractivity contribution in [3.05, 3.63) is 108 Å². The third-order valence-electron chi connectivity index (χ3n) is 31.1. The normalized spacial score (nSPS) is 39.5. The standard InChI is InChI=1S/C23H34O4.3C23H36O4/c1-15(2)16-6-8-19-17(12-16)7-9-20-22(19,3)10-5-11-23(20,4)21(26)27-14-18(25)13-24;3*1-5-21(2)12-9-18-16(13-21)7-8-19-22(18,3)10-6-11-23(19,4)20(26)27-15-17(25)14-24/h6,8,12,15,18,20,24-25H,5,7,9-11,13-14H2,1-4H3;2*5,13,17-19,24-25H,1,6-12,14-15H2,2-4H3;5,7,17-19,24-25H,1,6,8-15H2,2-4H3. The van der Waals surface area contributed by atoms with Crippen molar-refractivity contribution in [1.29, 1.82) is 0 Å². The summed E-state index contributed by atoms with van der Waals surface area (Å²) in [6, 6.07) is 6.91. The summed E-state index contributed by atoms with van der Waals surface area (Å²) in [4.78, 5) is 52.0. The summed E-state index contributed by atoms with van der Waals surface area (Å²) in [5, 5.41) is 74.2. The van der Waals surface area contributed by atoms with Crippen molar-refractivity contribution < 1.29 is 79.0 Å². The first-order chi connectivity index (χ1) is 50.8. The summed E-state index contributed by atoms with van der Waals surface area (Å²) in [6.07, 6.45) is 36.6. The van der Waals surface area contributed by atoms with Gasteiger partial charge in [0, 0.05) is 10.8 Å². The number of allylic oxidation sites excluding steroid dienone is 9. The summed E-state index contributed by atoms with van der Waals surface area (Å²) < 4.78 is 21.7. The Bertz CT molecular complexity index is 3350. The van der Waals surface area contributed by atoms with Crippen molar-refractivity contribution in [3.63, 3.8) is 0 Å². The van der Waals surface area contributed by atoms with Gasteiger partial charge in [-0.2, -0.15) is 0 Å². The van der Waals surface area contributed by atoms with Crippen LogP contribution in [-0.4, -0.2) is 142 Å². The van der Waals surface area contributed by atoms with Crippen LogP contribution in [0.25, 0.3) is 0 Å². The minimum absolute atomic E-state index is 0.0231. The van der Waals surface area contributed by atoms with Crippen LogP contribution in [0.1, 0.15) is 273 Å². The second kappa shape index (κ2) is 34.5. The van der Waals surface area contributed by atoms with E-state index >= 15 is 0 Å². The first-order valence-electron chi connectivity index (χ1n) is 41.8. The summed E-state index contributed by atoms with van der Waals surface area (Å²) in [6.45, 7) is 39.1. The summed E-state index contributed by atoms with van der Waals surface area (Å²) in [5.74, 6) is 2.39. The highest BCUT2D eigenvalue weighted by Crippen LogP contribution is 2.68. The Morgan fingerprint density at radius 1 is 0.444 bits per heavy atom. The van der Waals surface area contributed by atoms with Crippen LogP contribution in [0.2, 0.25) is 0 Å². The van der Waals surface area contributed by atoms with E-state index in [1.165, 1.54) is 16.7 Å². The van der Waals surface area contributed by atoms with Crippen molar-refractivity contribution in [2.75, 3.05) is 52.9 Å². The number of aliphatic hydroxyl groups excluding tert-OH is 8. The molecule has 0 amide bonds. The molecule has 0 aromatic heterocycles. The topological polar surface area (TPSA) is 267 Å². The van der Waals surface area contributed by atoms with Gasteiger partial charge in [-0.05, 0) is 260 Å². The number of benzene rings is 1. The number of hydrogen-bond acceptors (Lipinski definition) is 16. The molecule has 8 N–H and O–H groups in total. The molecule has 12 rings (SSSR count). The summed E-state index contributed by atoms with van der Waals surface area (Å²) >= 11 is 0. The predicted octanol–water partition coefficient (Wildman–Crippen LogP) is 15.8. The molecule has 0 bridgehead atoms. The second-order valence-corrected chi connectivity index (χ2v) is 38.8. The fourth-order valence-electron chi connectivity index (χ4n) is 24.4. The number of esters is 4. The van der Waals surface area contributed by atoms with E-state index < -0.39 is 52.7 Å². The van der Waals surface area contributed by atoms with Crippen molar-refractivity contribution in [2.24, 2.45) is 95.6 Å². The maximum Gasteiger partial charge on any atom is 0.312 e. The van der Waals surface area contributed by atoms with Gasteiger partial charge in [-0.3, -0.25) is 19.2 Å². The molecule has 16 nitrogen and oxygen atoms in total. The molecule has 0 aliphatic heterocycles. The molecular formula is C92H142O16. The van der Waals surface area contributed by atoms with Gasteiger partial charge in [-0.1, -0.05) is 159 Å². The lowest BCUT2D eigenvalue weighted by molar-refractivity contribution is -0.175. The number of rotatable bonds is 20. The zero-order valence-corrected chi connectivity index (χ0v) is 68.6. The fraction of sp³-hybridized carbons (Fsp3) is 0.761. The van der Waals surface area contributed by atoms with Crippen molar-refractivity contribution in [2.45, 2.75) is 293 Å². The maximum absolute atomic E-state index is 13.0. The number of hydrogen-bond donors (Lipinski definition) is 8. The van der Waals surface area contributed by atoms with Gasteiger partial charge in [0.25, 0.3) is 0 Å². The molecule has 7 saturated carbocycles. The molecule has 16 heteroatoms. The third-order valence-corrected chi connectivity index (χ3v) is 31.1. The number of fused-ring (bicyclic) bond motifs is 12. The number of aryl methyl sites for hydroxylation is 1. The zero-order chi connectivity index (χ0) is 79.4. The van der Waals surface area contributed by atoms with Gasteiger partial charge in [0.2, 0.25) is 0 Å². The Hall–Kier alpha value is -4.78. The molecule has 1 aromatic carbocycles. The Morgan fingerprint density at radius 3 is 1.19 bits per heavy atom. The maximum atomic E-state index is 13.0. The van der Waals surface area contributed by atoms with Gasteiger partial charge in [0.05, 0.1) is 48.1 Å². The molecule has 606 valence electrons. The molecule has 11 aliphatic carbocycles. The van der Waals surface area contributed by atoms with Gasteiger partial charge in [0.1, 0.15) is 50.8 Å². The van der Waals surface area contributed by atoms with E-state index in [9.17, 15) is 39.6 Å². The van der Waals surface area contributed by atoms with E-state index in [0.29, 0.717) is 35.5 Å². The molecule has 0 spiro atoms. The molecule has 22 atom stereocenters. The minimum atomic E-state index is -1.01. The SMILES string of the molecule is C=CC1(C)C=C2CCC3C(C)(C(=O)OCC(O)CO)CCCC3(C)C2CC1.C=CC1(C)C=C2CCC3C(C)(C(=O)OCC(O)CO)CCCC3(C)C2CC1.C=CC1(C)CCC2C(=CCC3C(C)(C(=O)OCC(O)CO)CCCC23C)C1.CC(C)c1ccc2c(c1)CCC1C(C)(C(=O)OCC(O)CO)CCCC21C. The Labute approximate surface area is 648 Å². The van der Waals surface area contributed by atoms with E-state index in [2.05, 4.69) is 157 Å². The number of carbonyl (C=O) groups is 4. The second-order valence-electron chi connectivity index (χ2n) is 38.8. The molecule has 11 aliphatic rings. The third kappa shape index (κ3) is 17.3. The van der Waals surface area contributed by atoms with E-state index in [0.717, 1.165) is 167 Å². The van der Waals surface area contributed by atoms with Gasteiger partial charge in [-0.15, -0.1) is 19.7 Å². The van der Waals surface area contributed by atoms with Crippen LogP contribution >= 0.6 is 0 Å². The highest BCUT2D eigenvalue weighted by atomic mass is 16.6. The lowest BCUT2D eigenvalue weighted by Crippen LogP contribution is -2.54. The molecular weight excluding hydrogens is 1360 g/mol. The fourth-order valence-corrected chi connectivity index (χ4v) is 24.4. The number of ether oxygens (including phenoxy) is 4. The van der Waals surface area contributed by atoms with Crippen molar-refractivity contribution in [3.8, 4) is 0 Å². The van der Waals surface area contributed by atoms with E-state index in [4.69, 9.17) is 39.4 Å². The van der Waals surface area contributed by atoms with Crippen molar-refractivity contribution >= 4 is 23.9 Å². The van der Waals surface area contributed by atoms with Crippen LogP contribution < -0.4 is 0 Å². The molecule has 1 aromatic rings. The smallest absolute Gasteiger partial charge is 0.312 e.